The van der Waals surface area contributed by atoms with E-state index in [0.717, 1.165) is 11.1 Å². The molecule has 0 unspecified atom stereocenters. The first-order valence-electron chi connectivity index (χ1n) is 6.17. The molecule has 0 aliphatic heterocycles. The minimum absolute atomic E-state index is 0.0752. The highest BCUT2D eigenvalue weighted by Crippen LogP contribution is 2.24. The summed E-state index contributed by atoms with van der Waals surface area (Å²) in [5, 5.41) is 11.0. The number of amides is 1. The Morgan fingerprint density at radius 1 is 1.58 bits per heavy atom. The summed E-state index contributed by atoms with van der Waals surface area (Å²) in [6.45, 7) is 4.11. The van der Waals surface area contributed by atoms with E-state index in [-0.39, 0.29) is 18.6 Å². The fourth-order valence-electron chi connectivity index (χ4n) is 1.61. The molecule has 0 spiro atoms. The van der Waals surface area contributed by atoms with E-state index in [1.165, 1.54) is 0 Å². The minimum Gasteiger partial charge on any atom is -0.483 e. The molecule has 102 valence electrons. The van der Waals surface area contributed by atoms with Crippen LogP contribution < -0.4 is 15.8 Å². The second-order valence-electron chi connectivity index (χ2n) is 4.38. The lowest BCUT2D eigenvalue weighted by Gasteiger charge is -2.14. The van der Waals surface area contributed by atoms with Crippen molar-refractivity contribution in [2.24, 2.45) is 5.73 Å². The van der Waals surface area contributed by atoms with Crippen molar-refractivity contribution in [3.63, 3.8) is 0 Å². The number of rotatable bonds is 6. The van der Waals surface area contributed by atoms with Gasteiger partial charge in [0.25, 0.3) is 5.91 Å². The minimum atomic E-state index is -0.244. The molecule has 0 aromatic heterocycles. The average molecular weight is 261 g/mol. The number of hydrogen-bond acceptors (Lipinski definition) is 4. The molecule has 0 fully saturated rings. The van der Waals surface area contributed by atoms with E-state index in [2.05, 4.69) is 5.32 Å². The van der Waals surface area contributed by atoms with Crippen molar-refractivity contribution in [3.8, 4) is 11.8 Å². The Kier molecular flexibility index (Phi) is 5.83. The van der Waals surface area contributed by atoms with Gasteiger partial charge in [0.2, 0.25) is 0 Å². The molecule has 1 atom stereocenters. The highest BCUT2D eigenvalue weighted by Gasteiger charge is 2.10. The van der Waals surface area contributed by atoms with Crippen LogP contribution in [0.25, 0.3) is 0 Å². The molecule has 0 aliphatic rings. The summed E-state index contributed by atoms with van der Waals surface area (Å²) in [4.78, 5) is 11.5. The second-order valence-corrected chi connectivity index (χ2v) is 4.38. The Balaban J connectivity index is 2.58. The Hall–Kier alpha value is -2.06. The molecule has 5 nitrogen and oxygen atoms in total. The molecule has 1 rings (SSSR count). The van der Waals surface area contributed by atoms with Gasteiger partial charge >= 0.3 is 0 Å². The van der Waals surface area contributed by atoms with E-state index in [9.17, 15) is 4.79 Å². The summed E-state index contributed by atoms with van der Waals surface area (Å²) in [5.74, 6) is 0.377. The summed E-state index contributed by atoms with van der Waals surface area (Å²) in [5.41, 5.74) is 7.85. The van der Waals surface area contributed by atoms with E-state index in [0.29, 0.717) is 18.7 Å². The van der Waals surface area contributed by atoms with Gasteiger partial charge in [0.1, 0.15) is 5.75 Å². The summed E-state index contributed by atoms with van der Waals surface area (Å²) in [6.07, 6.45) is 0.293. The fraction of sp³-hybridized carbons (Fsp3) is 0.429. The van der Waals surface area contributed by atoms with Crippen LogP contribution in [0.2, 0.25) is 0 Å². The molecule has 19 heavy (non-hydrogen) atoms. The first-order valence-corrected chi connectivity index (χ1v) is 6.17. The van der Waals surface area contributed by atoms with Gasteiger partial charge in [-0.15, -0.1) is 0 Å². The lowest BCUT2D eigenvalue weighted by Crippen LogP contribution is -2.29. The standard InChI is InChI=1S/C14H19N3O2/c1-10-4-5-13(12(8-10)11(2)16)19-9-14(18)17-7-3-6-15/h4-5,8,11H,3,7,9,16H2,1-2H3,(H,17,18)/t11-/m1/s1. The van der Waals surface area contributed by atoms with Gasteiger partial charge in [-0.2, -0.15) is 5.26 Å². The van der Waals surface area contributed by atoms with Gasteiger partial charge in [-0.3, -0.25) is 4.79 Å². The first kappa shape index (κ1) is 15.0. The predicted molar refractivity (Wildman–Crippen MR) is 72.5 cm³/mol. The zero-order valence-electron chi connectivity index (χ0n) is 11.3. The zero-order valence-corrected chi connectivity index (χ0v) is 11.3. The molecule has 1 aromatic rings. The van der Waals surface area contributed by atoms with Crippen LogP contribution >= 0.6 is 0 Å². The van der Waals surface area contributed by atoms with Crippen LogP contribution in [-0.4, -0.2) is 19.1 Å². The Labute approximate surface area is 113 Å². The van der Waals surface area contributed by atoms with Gasteiger partial charge in [-0.05, 0) is 19.9 Å². The molecule has 0 bridgehead atoms. The number of benzene rings is 1. The number of nitriles is 1. The third-order valence-corrected chi connectivity index (χ3v) is 2.57. The van der Waals surface area contributed by atoms with E-state index in [1.807, 2.05) is 38.1 Å². The Morgan fingerprint density at radius 2 is 2.32 bits per heavy atom. The van der Waals surface area contributed by atoms with Gasteiger partial charge in [-0.25, -0.2) is 0 Å². The molecule has 0 heterocycles. The highest BCUT2D eigenvalue weighted by molar-refractivity contribution is 5.77. The van der Waals surface area contributed by atoms with Crippen LogP contribution in [0, 0.1) is 18.3 Å². The highest BCUT2D eigenvalue weighted by atomic mass is 16.5. The van der Waals surface area contributed by atoms with Gasteiger partial charge in [0.05, 0.1) is 12.5 Å². The van der Waals surface area contributed by atoms with Crippen molar-refractivity contribution >= 4 is 5.91 Å². The summed E-state index contributed by atoms with van der Waals surface area (Å²) in [7, 11) is 0. The Morgan fingerprint density at radius 3 is 2.95 bits per heavy atom. The number of hydrogen-bond donors (Lipinski definition) is 2. The van der Waals surface area contributed by atoms with Crippen molar-refractivity contribution in [1.29, 1.82) is 5.26 Å². The summed E-state index contributed by atoms with van der Waals surface area (Å²) in [6, 6.07) is 7.48. The Bertz CT molecular complexity index is 478. The van der Waals surface area contributed by atoms with Gasteiger partial charge in [0.15, 0.2) is 6.61 Å². The lowest BCUT2D eigenvalue weighted by molar-refractivity contribution is -0.123. The summed E-state index contributed by atoms with van der Waals surface area (Å²) < 4.78 is 5.47. The number of carbonyl (C=O) groups excluding carboxylic acids is 1. The lowest BCUT2D eigenvalue weighted by atomic mass is 10.1. The SMILES string of the molecule is Cc1ccc(OCC(=O)NCCC#N)c([C@@H](C)N)c1. The normalized spacial score (nSPS) is 11.5. The van der Waals surface area contributed by atoms with Crippen LogP contribution in [-0.2, 0) is 4.79 Å². The number of ether oxygens (including phenoxy) is 1. The molecular formula is C14H19N3O2. The molecule has 0 radical (unpaired) electrons. The molecule has 0 saturated heterocycles. The summed E-state index contributed by atoms with van der Waals surface area (Å²) >= 11 is 0. The maximum Gasteiger partial charge on any atom is 0.257 e. The molecule has 1 amide bonds. The zero-order chi connectivity index (χ0) is 14.3. The topological polar surface area (TPSA) is 88.1 Å². The van der Waals surface area contributed by atoms with E-state index in [1.54, 1.807) is 0 Å². The van der Waals surface area contributed by atoms with Crippen molar-refractivity contribution in [1.82, 2.24) is 5.32 Å². The van der Waals surface area contributed by atoms with Crippen LogP contribution in [0.5, 0.6) is 5.75 Å². The third-order valence-electron chi connectivity index (χ3n) is 2.57. The monoisotopic (exact) mass is 261 g/mol. The van der Waals surface area contributed by atoms with Crippen LogP contribution in [0.15, 0.2) is 18.2 Å². The number of nitrogens with one attached hydrogen (secondary N) is 1. The molecule has 0 saturated carbocycles. The van der Waals surface area contributed by atoms with Gasteiger partial charge < -0.3 is 15.8 Å². The smallest absolute Gasteiger partial charge is 0.257 e. The van der Waals surface area contributed by atoms with Crippen molar-refractivity contribution in [2.45, 2.75) is 26.3 Å². The predicted octanol–water partition coefficient (Wildman–Crippen LogP) is 1.42. The van der Waals surface area contributed by atoms with Crippen molar-refractivity contribution in [3.05, 3.63) is 29.3 Å². The van der Waals surface area contributed by atoms with Gasteiger partial charge in [0, 0.05) is 18.2 Å². The fourth-order valence-corrected chi connectivity index (χ4v) is 1.61. The van der Waals surface area contributed by atoms with Crippen molar-refractivity contribution in [2.75, 3.05) is 13.2 Å². The van der Waals surface area contributed by atoms with E-state index >= 15 is 0 Å². The molecule has 0 aliphatic carbocycles. The molecular weight excluding hydrogens is 242 g/mol. The van der Waals surface area contributed by atoms with Crippen LogP contribution in [0.1, 0.15) is 30.5 Å². The largest absolute Gasteiger partial charge is 0.483 e. The number of carbonyl (C=O) groups is 1. The second kappa shape index (κ2) is 7.39. The number of aryl methyl sites for hydroxylation is 1. The molecule has 1 aromatic carbocycles. The van der Waals surface area contributed by atoms with E-state index in [4.69, 9.17) is 15.7 Å². The quantitative estimate of drug-likeness (QED) is 0.758. The first-order chi connectivity index (χ1) is 9.04. The van der Waals surface area contributed by atoms with Crippen molar-refractivity contribution < 1.29 is 9.53 Å². The molecule has 5 heteroatoms. The van der Waals surface area contributed by atoms with E-state index < -0.39 is 0 Å². The molecule has 3 N–H and O–H groups in total. The average Bonchev–Trinajstić information content (AvgIpc) is 2.37. The number of nitrogens with zero attached hydrogens (tertiary/aromatic N) is 1. The van der Waals surface area contributed by atoms with Crippen LogP contribution in [0.3, 0.4) is 0 Å². The van der Waals surface area contributed by atoms with Gasteiger partial charge in [-0.1, -0.05) is 17.7 Å². The third kappa shape index (κ3) is 4.98. The number of nitrogens with two attached hydrogens (primary N) is 1. The maximum atomic E-state index is 11.5. The maximum absolute atomic E-state index is 11.5. The van der Waals surface area contributed by atoms with Crippen LogP contribution in [0.4, 0.5) is 0 Å².